The van der Waals surface area contributed by atoms with Gasteiger partial charge in [-0.2, -0.15) is 11.8 Å². The average Bonchev–Trinajstić information content (AvgIpc) is 2.63. The van der Waals surface area contributed by atoms with E-state index in [1.54, 1.807) is 6.07 Å². The maximum Gasteiger partial charge on any atom is 0.257 e. The van der Waals surface area contributed by atoms with Crippen LogP contribution >= 0.6 is 11.8 Å². The largest absolute Gasteiger partial charge is 0.505 e. The topological polar surface area (TPSA) is 53.4 Å². The molecule has 1 aliphatic rings. The number of aromatic nitrogens is 1. The molecule has 1 saturated heterocycles. The Hall–Kier alpha value is -1.23. The predicted octanol–water partition coefficient (Wildman–Crippen LogP) is 2.14. The van der Waals surface area contributed by atoms with Crippen molar-refractivity contribution < 1.29 is 9.90 Å². The second-order valence-electron chi connectivity index (χ2n) is 4.47. The first-order valence-electron chi connectivity index (χ1n) is 6.17. The number of hydrogen-bond acceptors (Lipinski definition) is 4. The van der Waals surface area contributed by atoms with Gasteiger partial charge in [-0.15, -0.1) is 0 Å². The monoisotopic (exact) mass is 266 g/mol. The molecule has 0 spiro atoms. The van der Waals surface area contributed by atoms with Crippen LogP contribution in [0.25, 0.3) is 0 Å². The molecule has 18 heavy (non-hydrogen) atoms. The second kappa shape index (κ2) is 6.09. The zero-order valence-electron chi connectivity index (χ0n) is 10.5. The van der Waals surface area contributed by atoms with E-state index in [4.69, 9.17) is 0 Å². The van der Waals surface area contributed by atoms with E-state index in [2.05, 4.69) is 11.2 Å². The third-order valence-corrected chi connectivity index (χ3v) is 4.46. The molecule has 1 amide bonds. The fraction of sp³-hybridized carbons (Fsp3) is 0.538. The SMILES string of the molecule is CSC1CCCN(C(=O)c2ccncc2O)CC1. The summed E-state index contributed by atoms with van der Waals surface area (Å²) in [6.45, 7) is 1.55. The van der Waals surface area contributed by atoms with Crippen molar-refractivity contribution in [2.24, 2.45) is 0 Å². The normalized spacial score (nSPS) is 20.5. The lowest BCUT2D eigenvalue weighted by molar-refractivity contribution is 0.0758. The molecule has 0 saturated carbocycles. The third-order valence-electron chi connectivity index (χ3n) is 3.33. The zero-order valence-corrected chi connectivity index (χ0v) is 11.3. The van der Waals surface area contributed by atoms with Crippen LogP contribution in [0.15, 0.2) is 18.5 Å². The zero-order chi connectivity index (χ0) is 13.0. The van der Waals surface area contributed by atoms with Gasteiger partial charge in [0, 0.05) is 24.5 Å². The molecule has 1 fully saturated rings. The molecule has 1 atom stereocenters. The minimum absolute atomic E-state index is 0.0341. The van der Waals surface area contributed by atoms with Gasteiger partial charge in [-0.1, -0.05) is 0 Å². The van der Waals surface area contributed by atoms with Crippen molar-refractivity contribution in [1.82, 2.24) is 9.88 Å². The molecule has 2 heterocycles. The highest BCUT2D eigenvalue weighted by atomic mass is 32.2. The summed E-state index contributed by atoms with van der Waals surface area (Å²) in [7, 11) is 0. The van der Waals surface area contributed by atoms with Gasteiger partial charge in [0.25, 0.3) is 5.91 Å². The van der Waals surface area contributed by atoms with Gasteiger partial charge in [-0.25, -0.2) is 0 Å². The Morgan fingerprint density at radius 3 is 3.06 bits per heavy atom. The Morgan fingerprint density at radius 2 is 2.33 bits per heavy atom. The number of likely N-dealkylation sites (tertiary alicyclic amines) is 1. The number of pyridine rings is 1. The number of nitrogens with zero attached hydrogens (tertiary/aromatic N) is 2. The molecule has 0 aliphatic carbocycles. The molecule has 4 nitrogen and oxygen atoms in total. The highest BCUT2D eigenvalue weighted by molar-refractivity contribution is 7.99. The second-order valence-corrected chi connectivity index (χ2v) is 5.61. The summed E-state index contributed by atoms with van der Waals surface area (Å²) >= 11 is 1.87. The fourth-order valence-corrected chi connectivity index (χ4v) is 2.99. The number of aromatic hydroxyl groups is 1. The highest BCUT2D eigenvalue weighted by Gasteiger charge is 2.22. The number of rotatable bonds is 2. The van der Waals surface area contributed by atoms with Crippen molar-refractivity contribution >= 4 is 17.7 Å². The molecule has 0 aromatic carbocycles. The molecule has 1 aromatic heterocycles. The molecule has 1 unspecified atom stereocenters. The number of amides is 1. The van der Waals surface area contributed by atoms with Crippen LogP contribution in [0.5, 0.6) is 5.75 Å². The van der Waals surface area contributed by atoms with Crippen molar-refractivity contribution in [2.75, 3.05) is 19.3 Å². The van der Waals surface area contributed by atoms with Crippen LogP contribution in [0.3, 0.4) is 0 Å². The third kappa shape index (κ3) is 2.96. The summed E-state index contributed by atoms with van der Waals surface area (Å²) in [5.74, 6) is -0.121. The van der Waals surface area contributed by atoms with Crippen LogP contribution in [0.2, 0.25) is 0 Å². The summed E-state index contributed by atoms with van der Waals surface area (Å²) in [6.07, 6.45) is 8.19. The van der Waals surface area contributed by atoms with E-state index in [9.17, 15) is 9.90 Å². The Morgan fingerprint density at radius 1 is 1.50 bits per heavy atom. The van der Waals surface area contributed by atoms with Crippen molar-refractivity contribution in [3.8, 4) is 5.75 Å². The van der Waals surface area contributed by atoms with Gasteiger partial charge in [0.15, 0.2) is 0 Å². The summed E-state index contributed by atoms with van der Waals surface area (Å²) in [5.41, 5.74) is 0.354. The van der Waals surface area contributed by atoms with Crippen molar-refractivity contribution in [1.29, 1.82) is 0 Å². The molecule has 1 aromatic rings. The molecule has 0 radical (unpaired) electrons. The van der Waals surface area contributed by atoms with E-state index in [0.29, 0.717) is 10.8 Å². The Labute approximate surface area is 111 Å². The average molecular weight is 266 g/mol. The lowest BCUT2D eigenvalue weighted by Gasteiger charge is -2.20. The molecule has 0 bridgehead atoms. The predicted molar refractivity (Wildman–Crippen MR) is 73.0 cm³/mol. The molecular weight excluding hydrogens is 248 g/mol. The molecular formula is C13H18N2O2S. The van der Waals surface area contributed by atoms with Gasteiger partial charge in [-0.3, -0.25) is 9.78 Å². The molecule has 1 N–H and O–H groups in total. The molecule has 98 valence electrons. The standard InChI is InChI=1S/C13H18N2O2S/c1-18-10-3-2-7-15(8-5-10)13(17)11-4-6-14-9-12(11)16/h4,6,9-10,16H,2-3,5,7-8H2,1H3. The van der Waals surface area contributed by atoms with E-state index in [-0.39, 0.29) is 11.7 Å². The first-order chi connectivity index (χ1) is 8.72. The van der Waals surface area contributed by atoms with Gasteiger partial charge in [0.1, 0.15) is 5.75 Å². The molecule has 2 rings (SSSR count). The maximum atomic E-state index is 12.3. The van der Waals surface area contributed by atoms with Crippen LogP contribution in [0, 0.1) is 0 Å². The first kappa shape index (κ1) is 13.2. The first-order valence-corrected chi connectivity index (χ1v) is 7.46. The Kier molecular flexibility index (Phi) is 4.47. The van der Waals surface area contributed by atoms with Crippen molar-refractivity contribution in [3.05, 3.63) is 24.0 Å². The van der Waals surface area contributed by atoms with Crippen LogP contribution < -0.4 is 0 Å². The lowest BCUT2D eigenvalue weighted by atomic mass is 10.2. The summed E-state index contributed by atoms with van der Waals surface area (Å²) in [4.78, 5) is 17.9. The number of carbonyl (C=O) groups is 1. The Balaban J connectivity index is 2.08. The Bertz CT molecular complexity index is 425. The number of thioether (sulfide) groups is 1. The minimum atomic E-state index is -0.0864. The molecule has 5 heteroatoms. The number of hydrogen-bond donors (Lipinski definition) is 1. The molecule has 1 aliphatic heterocycles. The van der Waals surface area contributed by atoms with Gasteiger partial charge < -0.3 is 10.0 Å². The van der Waals surface area contributed by atoms with Gasteiger partial charge in [0.05, 0.1) is 11.8 Å². The van der Waals surface area contributed by atoms with E-state index in [1.165, 1.54) is 12.4 Å². The highest BCUT2D eigenvalue weighted by Crippen LogP contribution is 2.23. The van der Waals surface area contributed by atoms with Crippen LogP contribution in [-0.4, -0.2) is 45.5 Å². The van der Waals surface area contributed by atoms with Crippen molar-refractivity contribution in [2.45, 2.75) is 24.5 Å². The minimum Gasteiger partial charge on any atom is -0.505 e. The summed E-state index contributed by atoms with van der Waals surface area (Å²) in [6, 6.07) is 1.58. The van der Waals surface area contributed by atoms with E-state index >= 15 is 0 Å². The van der Waals surface area contributed by atoms with Gasteiger partial charge >= 0.3 is 0 Å². The van der Waals surface area contributed by atoms with Crippen LogP contribution in [0.1, 0.15) is 29.6 Å². The van der Waals surface area contributed by atoms with Gasteiger partial charge in [0.2, 0.25) is 0 Å². The van der Waals surface area contributed by atoms with E-state index < -0.39 is 0 Å². The summed E-state index contributed by atoms with van der Waals surface area (Å²) < 4.78 is 0. The van der Waals surface area contributed by atoms with E-state index in [1.807, 2.05) is 16.7 Å². The van der Waals surface area contributed by atoms with Crippen LogP contribution in [0.4, 0.5) is 0 Å². The van der Waals surface area contributed by atoms with Crippen molar-refractivity contribution in [3.63, 3.8) is 0 Å². The smallest absolute Gasteiger partial charge is 0.257 e. The van der Waals surface area contributed by atoms with Crippen LogP contribution in [-0.2, 0) is 0 Å². The quantitative estimate of drug-likeness (QED) is 0.891. The summed E-state index contributed by atoms with van der Waals surface area (Å²) in [5, 5.41) is 10.3. The fourth-order valence-electron chi connectivity index (χ4n) is 2.24. The number of carbonyl (C=O) groups excluding carboxylic acids is 1. The maximum absolute atomic E-state index is 12.3. The van der Waals surface area contributed by atoms with Gasteiger partial charge in [-0.05, 0) is 31.6 Å². The lowest BCUT2D eigenvalue weighted by Crippen LogP contribution is -2.32. The van der Waals surface area contributed by atoms with E-state index in [0.717, 1.165) is 32.4 Å².